The number of hydrogen-bond acceptors (Lipinski definition) is 15. The highest BCUT2D eigenvalue weighted by atomic mass is 31.2. The lowest BCUT2D eigenvalue weighted by Gasteiger charge is -2.21. The SMILES string of the molecule is CCCCCCCCCCCCCCCCCCCCC(=O)OC[C@H](COP(=O)(O)OC[C@@H](O)COP(=O)(O)OC[C@@H](COC(=O)CCCCCCCCCCCCCC)OC(=O)CCCCCCCCCCCCCCCCCCCC)OC(=O)CCCCCCCCCCCCCCCCCCCCC(C)CC. The summed E-state index contributed by atoms with van der Waals surface area (Å²) < 4.78 is 69.1. The minimum absolute atomic E-state index is 0.109. The van der Waals surface area contributed by atoms with Crippen molar-refractivity contribution < 1.29 is 80.2 Å². The van der Waals surface area contributed by atoms with E-state index < -0.39 is 97.5 Å². The highest BCUT2D eigenvalue weighted by molar-refractivity contribution is 7.47. The lowest BCUT2D eigenvalue weighted by molar-refractivity contribution is -0.161. The van der Waals surface area contributed by atoms with Crippen molar-refractivity contribution in [1.29, 1.82) is 0 Å². The van der Waals surface area contributed by atoms with Crippen molar-refractivity contribution in [3.05, 3.63) is 0 Å². The number of ether oxygens (including phenoxy) is 4. The standard InChI is InChI=1S/C91H178O17P2/c1-6-10-13-16-19-22-25-28-30-32-37-41-45-50-55-60-65-70-75-89(94)102-81-87(108-91(96)77-72-67-62-57-52-47-43-39-35-34-36-40-44-48-53-58-63-68-73-84(5)9-4)83-106-110(99,100)104-79-85(92)78-103-109(97,98)105-82-86(80-101-88(93)74-69-64-59-54-49-27-24-21-18-15-12-8-3)107-90(95)76-71-66-61-56-51-46-42-38-33-31-29-26-23-20-17-14-11-7-2/h84-87,92H,6-83H2,1-5H3,(H,97,98)(H,99,100)/t84?,85-,86+,87+/m0/s1. The van der Waals surface area contributed by atoms with Crippen molar-refractivity contribution in [3.63, 3.8) is 0 Å². The summed E-state index contributed by atoms with van der Waals surface area (Å²) in [6.45, 7) is 7.47. The lowest BCUT2D eigenvalue weighted by Crippen LogP contribution is -2.30. The van der Waals surface area contributed by atoms with E-state index in [2.05, 4.69) is 34.6 Å². The summed E-state index contributed by atoms with van der Waals surface area (Å²) in [5.41, 5.74) is 0. The van der Waals surface area contributed by atoms with E-state index in [1.807, 2.05) is 0 Å². The van der Waals surface area contributed by atoms with Gasteiger partial charge in [-0.1, -0.05) is 446 Å². The molecule has 0 radical (unpaired) electrons. The maximum atomic E-state index is 13.2. The summed E-state index contributed by atoms with van der Waals surface area (Å²) in [7, 11) is -9.93. The summed E-state index contributed by atoms with van der Waals surface area (Å²) in [6.07, 6.45) is 79.1. The minimum atomic E-state index is -4.97. The lowest BCUT2D eigenvalue weighted by atomic mass is 9.99. The van der Waals surface area contributed by atoms with Crippen LogP contribution in [0.2, 0.25) is 0 Å². The van der Waals surface area contributed by atoms with Crippen LogP contribution in [0.5, 0.6) is 0 Å². The molecule has 0 aromatic heterocycles. The van der Waals surface area contributed by atoms with Gasteiger partial charge in [0.2, 0.25) is 0 Å². The van der Waals surface area contributed by atoms with Gasteiger partial charge in [-0.25, -0.2) is 9.13 Å². The molecule has 0 amide bonds. The van der Waals surface area contributed by atoms with Crippen molar-refractivity contribution in [1.82, 2.24) is 0 Å². The fraction of sp³-hybridized carbons (Fsp3) is 0.956. The van der Waals surface area contributed by atoms with E-state index in [0.29, 0.717) is 25.7 Å². The first-order valence-corrected chi connectivity index (χ1v) is 50.2. The fourth-order valence-corrected chi connectivity index (χ4v) is 15.9. The highest BCUT2D eigenvalue weighted by Crippen LogP contribution is 2.45. The highest BCUT2D eigenvalue weighted by Gasteiger charge is 2.31. The largest absolute Gasteiger partial charge is 0.472 e. The molecule has 0 rings (SSSR count). The monoisotopic (exact) mass is 1610 g/mol. The zero-order valence-corrected chi connectivity index (χ0v) is 74.2. The number of phosphoric acid groups is 2. The molecule has 0 aliphatic heterocycles. The van der Waals surface area contributed by atoms with E-state index >= 15 is 0 Å². The molecule has 0 saturated heterocycles. The van der Waals surface area contributed by atoms with Crippen LogP contribution in [0, 0.1) is 5.92 Å². The number of phosphoric ester groups is 2. The smallest absolute Gasteiger partial charge is 0.462 e. The number of esters is 4. The minimum Gasteiger partial charge on any atom is -0.462 e. The van der Waals surface area contributed by atoms with E-state index in [-0.39, 0.29) is 25.7 Å². The predicted molar refractivity (Wildman–Crippen MR) is 455 cm³/mol. The molecule has 0 aromatic carbocycles. The number of aliphatic hydroxyl groups excluding tert-OH is 1. The van der Waals surface area contributed by atoms with Gasteiger partial charge in [-0.2, -0.15) is 0 Å². The predicted octanol–water partition coefficient (Wildman–Crippen LogP) is 28.3. The van der Waals surface area contributed by atoms with Crippen LogP contribution in [-0.2, 0) is 65.4 Å². The van der Waals surface area contributed by atoms with Crippen molar-refractivity contribution in [2.24, 2.45) is 5.92 Å². The third-order valence-corrected chi connectivity index (χ3v) is 23.8. The van der Waals surface area contributed by atoms with Gasteiger partial charge in [0.15, 0.2) is 12.2 Å². The van der Waals surface area contributed by atoms with E-state index in [1.54, 1.807) is 0 Å². The second-order valence-electron chi connectivity index (χ2n) is 32.9. The average molecular weight is 1610 g/mol. The van der Waals surface area contributed by atoms with E-state index in [1.165, 1.54) is 321 Å². The molecule has 0 spiro atoms. The van der Waals surface area contributed by atoms with Gasteiger partial charge in [0.25, 0.3) is 0 Å². The molecule has 0 aliphatic rings. The Morgan fingerprint density at radius 2 is 0.436 bits per heavy atom. The Hall–Kier alpha value is -1.94. The van der Waals surface area contributed by atoms with Crippen LogP contribution in [0.4, 0.5) is 0 Å². The number of aliphatic hydroxyl groups is 1. The number of rotatable bonds is 91. The summed E-state index contributed by atoms with van der Waals surface area (Å²) in [4.78, 5) is 73.4. The Labute approximate surface area is 677 Å². The molecule has 6 atom stereocenters. The first kappa shape index (κ1) is 108. The topological polar surface area (TPSA) is 237 Å². The summed E-state index contributed by atoms with van der Waals surface area (Å²) in [6, 6.07) is 0. The normalized spacial score (nSPS) is 13.9. The number of carbonyl (C=O) groups is 4. The van der Waals surface area contributed by atoms with Crippen LogP contribution in [-0.4, -0.2) is 96.7 Å². The second-order valence-corrected chi connectivity index (χ2v) is 35.8. The Morgan fingerprint density at radius 3 is 0.645 bits per heavy atom. The molecule has 0 heterocycles. The number of carbonyl (C=O) groups excluding carboxylic acids is 4. The van der Waals surface area contributed by atoms with Crippen LogP contribution < -0.4 is 0 Å². The third kappa shape index (κ3) is 82.6. The number of unbranched alkanes of at least 4 members (excludes halogenated alkanes) is 62. The fourth-order valence-electron chi connectivity index (χ4n) is 14.3. The van der Waals surface area contributed by atoms with Crippen LogP contribution in [0.1, 0.15) is 497 Å². The molecule has 0 bridgehead atoms. The van der Waals surface area contributed by atoms with Gasteiger partial charge in [0.1, 0.15) is 19.3 Å². The van der Waals surface area contributed by atoms with Crippen LogP contribution >= 0.6 is 15.6 Å². The molecule has 0 saturated carbocycles. The first-order chi connectivity index (χ1) is 53.6. The first-order valence-electron chi connectivity index (χ1n) is 47.2. The van der Waals surface area contributed by atoms with Crippen LogP contribution in [0.25, 0.3) is 0 Å². The van der Waals surface area contributed by atoms with Gasteiger partial charge in [0, 0.05) is 25.7 Å². The van der Waals surface area contributed by atoms with Crippen molar-refractivity contribution in [2.75, 3.05) is 39.6 Å². The van der Waals surface area contributed by atoms with Gasteiger partial charge in [-0.05, 0) is 31.6 Å². The summed E-state index contributed by atoms with van der Waals surface area (Å²) in [5, 5.41) is 10.7. The van der Waals surface area contributed by atoms with E-state index in [0.717, 1.165) is 95.8 Å². The molecule has 0 aliphatic carbocycles. The molecule has 17 nitrogen and oxygen atoms in total. The van der Waals surface area contributed by atoms with Gasteiger partial charge in [-0.15, -0.1) is 0 Å². The van der Waals surface area contributed by atoms with Gasteiger partial charge in [-0.3, -0.25) is 37.3 Å². The van der Waals surface area contributed by atoms with Gasteiger partial charge in [0.05, 0.1) is 26.4 Å². The molecule has 0 aromatic rings. The number of hydrogen-bond donors (Lipinski definition) is 3. The Bertz CT molecular complexity index is 2080. The molecular formula is C91H178O17P2. The Balaban J connectivity index is 5.24. The Kier molecular flexibility index (Phi) is 82.1. The second kappa shape index (κ2) is 83.5. The summed E-state index contributed by atoms with van der Waals surface area (Å²) in [5.74, 6) is -1.22. The summed E-state index contributed by atoms with van der Waals surface area (Å²) >= 11 is 0. The molecule has 0 fully saturated rings. The molecule has 654 valence electrons. The zero-order valence-electron chi connectivity index (χ0n) is 72.4. The van der Waals surface area contributed by atoms with Crippen molar-refractivity contribution >= 4 is 39.5 Å². The Morgan fingerprint density at radius 1 is 0.255 bits per heavy atom. The van der Waals surface area contributed by atoms with E-state index in [9.17, 15) is 43.2 Å². The van der Waals surface area contributed by atoms with Crippen LogP contribution in [0.15, 0.2) is 0 Å². The maximum Gasteiger partial charge on any atom is 0.472 e. The molecule has 110 heavy (non-hydrogen) atoms. The van der Waals surface area contributed by atoms with Gasteiger partial charge >= 0.3 is 39.5 Å². The van der Waals surface area contributed by atoms with Gasteiger partial charge < -0.3 is 33.8 Å². The van der Waals surface area contributed by atoms with E-state index in [4.69, 9.17) is 37.0 Å². The average Bonchev–Trinajstić information content (AvgIpc) is 0.899. The maximum absolute atomic E-state index is 13.2. The third-order valence-electron chi connectivity index (χ3n) is 21.9. The molecule has 3 N–H and O–H groups in total. The van der Waals surface area contributed by atoms with Crippen molar-refractivity contribution in [3.8, 4) is 0 Å². The zero-order chi connectivity index (χ0) is 80.4. The quantitative estimate of drug-likeness (QED) is 0.0222. The van der Waals surface area contributed by atoms with Crippen LogP contribution in [0.3, 0.4) is 0 Å². The molecule has 19 heteroatoms. The molecular weight excluding hydrogens is 1430 g/mol. The molecule has 3 unspecified atom stereocenters. The van der Waals surface area contributed by atoms with Crippen molar-refractivity contribution in [2.45, 2.75) is 515 Å².